The maximum Gasteiger partial charge on any atom is 0.127 e. The third kappa shape index (κ3) is 3.00. The van der Waals surface area contributed by atoms with Gasteiger partial charge in [-0.05, 0) is 31.0 Å². The van der Waals surface area contributed by atoms with Gasteiger partial charge in [0.15, 0.2) is 0 Å². The summed E-state index contributed by atoms with van der Waals surface area (Å²) >= 11 is 0. The summed E-state index contributed by atoms with van der Waals surface area (Å²) < 4.78 is 0. The lowest BCUT2D eigenvalue weighted by atomic mass is 10.0. The van der Waals surface area contributed by atoms with E-state index >= 15 is 0 Å². The van der Waals surface area contributed by atoms with Crippen LogP contribution in [-0.4, -0.2) is 27.1 Å². The second kappa shape index (κ2) is 6.30. The molecule has 3 heterocycles. The van der Waals surface area contributed by atoms with E-state index in [1.807, 2.05) is 51.6 Å². The van der Waals surface area contributed by atoms with Gasteiger partial charge in [0.05, 0.1) is 17.3 Å². The largest absolute Gasteiger partial charge is 0.387 e. The van der Waals surface area contributed by atoms with Gasteiger partial charge in [-0.25, -0.2) is 4.98 Å². The third-order valence-electron chi connectivity index (χ3n) is 3.99. The van der Waals surface area contributed by atoms with Crippen LogP contribution in [0.4, 0.5) is 5.82 Å². The monoisotopic (exact) mass is 308 g/mol. The maximum absolute atomic E-state index is 9.92. The van der Waals surface area contributed by atoms with E-state index in [1.54, 1.807) is 0 Å². The molecule has 23 heavy (non-hydrogen) atoms. The number of rotatable bonds is 4. The Bertz CT molecular complexity index is 848. The Hall–Kier alpha value is -2.53. The van der Waals surface area contributed by atoms with E-state index in [0.717, 1.165) is 33.4 Å². The summed E-state index contributed by atoms with van der Waals surface area (Å²) in [6.07, 6.45) is 5.61. The summed E-state index contributed by atoms with van der Waals surface area (Å²) in [6.45, 7) is 3.96. The molecule has 0 aliphatic rings. The molecular formula is C18H20N4O. The molecule has 0 aliphatic carbocycles. The average molecular weight is 308 g/mol. The first-order valence-electron chi connectivity index (χ1n) is 7.71. The number of nitrogens with one attached hydrogen (secondary N) is 1. The Kier molecular flexibility index (Phi) is 4.21. The lowest BCUT2D eigenvalue weighted by Crippen LogP contribution is -2.00. The summed E-state index contributed by atoms with van der Waals surface area (Å²) in [6, 6.07) is 5.93. The predicted molar refractivity (Wildman–Crippen MR) is 92.3 cm³/mol. The van der Waals surface area contributed by atoms with E-state index in [1.165, 1.54) is 0 Å². The number of aliphatic hydroxyl groups is 1. The van der Waals surface area contributed by atoms with Gasteiger partial charge in [0, 0.05) is 48.2 Å². The molecule has 0 radical (unpaired) electrons. The van der Waals surface area contributed by atoms with Crippen LogP contribution >= 0.6 is 0 Å². The first-order chi connectivity index (χ1) is 11.1. The van der Waals surface area contributed by atoms with Gasteiger partial charge in [-0.3, -0.25) is 9.97 Å². The van der Waals surface area contributed by atoms with Crippen molar-refractivity contribution in [3.63, 3.8) is 0 Å². The van der Waals surface area contributed by atoms with Crippen LogP contribution in [0.1, 0.15) is 30.7 Å². The number of nitrogens with zero attached hydrogens (tertiary/aromatic N) is 3. The first-order valence-corrected chi connectivity index (χ1v) is 7.71. The SMILES string of the molecule is CC[C@H](O)c1cc(C)c(-c2cnc3cc(NC)ncc3c2)cn1. The van der Waals surface area contributed by atoms with Crippen molar-refractivity contribution in [1.82, 2.24) is 15.0 Å². The lowest BCUT2D eigenvalue weighted by molar-refractivity contribution is 0.169. The molecule has 5 heteroatoms. The minimum Gasteiger partial charge on any atom is -0.387 e. The van der Waals surface area contributed by atoms with Gasteiger partial charge in [-0.1, -0.05) is 6.92 Å². The first kappa shape index (κ1) is 15.4. The standard InChI is InChI=1S/C18H20N4O/c1-4-17(23)16-5-11(2)14(10-21-16)12-6-13-9-22-18(19-3)7-15(13)20-8-12/h5-10,17,23H,4H2,1-3H3,(H,19,22)/t17-/m0/s1. The Morgan fingerprint density at radius 3 is 2.61 bits per heavy atom. The Balaban J connectivity index is 2.03. The van der Waals surface area contributed by atoms with Crippen molar-refractivity contribution in [3.8, 4) is 11.1 Å². The molecule has 0 bridgehead atoms. The van der Waals surface area contributed by atoms with Crippen LogP contribution in [-0.2, 0) is 0 Å². The van der Waals surface area contributed by atoms with Crippen LogP contribution in [0.5, 0.6) is 0 Å². The number of hydrogen-bond donors (Lipinski definition) is 2. The Morgan fingerprint density at radius 1 is 1.09 bits per heavy atom. The zero-order chi connectivity index (χ0) is 16.4. The molecule has 0 unspecified atom stereocenters. The number of aromatic nitrogens is 3. The highest BCUT2D eigenvalue weighted by Gasteiger charge is 2.10. The molecular weight excluding hydrogens is 288 g/mol. The average Bonchev–Trinajstić information content (AvgIpc) is 2.60. The number of aryl methyl sites for hydroxylation is 1. The van der Waals surface area contributed by atoms with Crippen LogP contribution in [0.25, 0.3) is 22.0 Å². The second-order valence-corrected chi connectivity index (χ2v) is 5.58. The minimum absolute atomic E-state index is 0.512. The summed E-state index contributed by atoms with van der Waals surface area (Å²) in [5.74, 6) is 0.800. The molecule has 0 fully saturated rings. The summed E-state index contributed by atoms with van der Waals surface area (Å²) in [4.78, 5) is 13.2. The Morgan fingerprint density at radius 2 is 1.91 bits per heavy atom. The number of anilines is 1. The molecule has 3 aromatic rings. The van der Waals surface area contributed by atoms with E-state index < -0.39 is 6.10 Å². The van der Waals surface area contributed by atoms with E-state index in [2.05, 4.69) is 26.3 Å². The van der Waals surface area contributed by atoms with Crippen molar-refractivity contribution in [2.75, 3.05) is 12.4 Å². The third-order valence-corrected chi connectivity index (χ3v) is 3.99. The summed E-state index contributed by atoms with van der Waals surface area (Å²) in [5, 5.41) is 13.9. The van der Waals surface area contributed by atoms with Crippen LogP contribution in [0, 0.1) is 6.92 Å². The van der Waals surface area contributed by atoms with Crippen molar-refractivity contribution >= 4 is 16.7 Å². The topological polar surface area (TPSA) is 70.9 Å². The number of hydrogen-bond acceptors (Lipinski definition) is 5. The fraction of sp³-hybridized carbons (Fsp3) is 0.278. The molecule has 2 N–H and O–H groups in total. The molecule has 0 saturated heterocycles. The molecule has 0 aromatic carbocycles. The molecule has 0 saturated carbocycles. The highest BCUT2D eigenvalue weighted by Crippen LogP contribution is 2.27. The molecule has 0 amide bonds. The normalized spacial score (nSPS) is 12.3. The van der Waals surface area contributed by atoms with Gasteiger partial charge in [-0.2, -0.15) is 0 Å². The van der Waals surface area contributed by atoms with E-state index in [9.17, 15) is 5.11 Å². The fourth-order valence-corrected chi connectivity index (χ4v) is 2.58. The molecule has 5 nitrogen and oxygen atoms in total. The van der Waals surface area contributed by atoms with E-state index in [4.69, 9.17) is 0 Å². The van der Waals surface area contributed by atoms with Crippen molar-refractivity contribution < 1.29 is 5.11 Å². The zero-order valence-electron chi connectivity index (χ0n) is 13.5. The second-order valence-electron chi connectivity index (χ2n) is 5.58. The highest BCUT2D eigenvalue weighted by atomic mass is 16.3. The molecule has 1 atom stereocenters. The zero-order valence-corrected chi connectivity index (χ0v) is 13.5. The highest BCUT2D eigenvalue weighted by molar-refractivity contribution is 5.84. The molecule has 0 spiro atoms. The van der Waals surface area contributed by atoms with Crippen molar-refractivity contribution in [2.24, 2.45) is 0 Å². The minimum atomic E-state index is -0.512. The van der Waals surface area contributed by atoms with E-state index in [-0.39, 0.29) is 0 Å². The van der Waals surface area contributed by atoms with Crippen molar-refractivity contribution in [1.29, 1.82) is 0 Å². The number of pyridine rings is 3. The number of fused-ring (bicyclic) bond motifs is 1. The smallest absolute Gasteiger partial charge is 0.127 e. The predicted octanol–water partition coefficient (Wildman–Crippen LogP) is 3.49. The van der Waals surface area contributed by atoms with Crippen molar-refractivity contribution in [2.45, 2.75) is 26.4 Å². The van der Waals surface area contributed by atoms with Crippen LogP contribution < -0.4 is 5.32 Å². The van der Waals surface area contributed by atoms with Gasteiger partial charge in [0.2, 0.25) is 0 Å². The van der Waals surface area contributed by atoms with Gasteiger partial charge < -0.3 is 10.4 Å². The lowest BCUT2D eigenvalue weighted by Gasteiger charge is -2.11. The van der Waals surface area contributed by atoms with Gasteiger partial charge in [0.25, 0.3) is 0 Å². The molecule has 118 valence electrons. The Labute approximate surface area is 135 Å². The number of aliphatic hydroxyl groups excluding tert-OH is 1. The van der Waals surface area contributed by atoms with Crippen LogP contribution in [0.2, 0.25) is 0 Å². The maximum atomic E-state index is 9.92. The van der Waals surface area contributed by atoms with Crippen molar-refractivity contribution in [3.05, 3.63) is 48.0 Å². The molecule has 0 aliphatic heterocycles. The summed E-state index contributed by atoms with van der Waals surface area (Å²) in [5.41, 5.74) is 4.70. The quantitative estimate of drug-likeness (QED) is 0.772. The van der Waals surface area contributed by atoms with Gasteiger partial charge in [0.1, 0.15) is 5.82 Å². The molecule has 3 rings (SSSR count). The van der Waals surface area contributed by atoms with Crippen LogP contribution in [0.15, 0.2) is 36.8 Å². The fourth-order valence-electron chi connectivity index (χ4n) is 2.58. The van der Waals surface area contributed by atoms with E-state index in [0.29, 0.717) is 12.1 Å². The summed E-state index contributed by atoms with van der Waals surface area (Å²) in [7, 11) is 1.84. The van der Waals surface area contributed by atoms with Crippen LogP contribution in [0.3, 0.4) is 0 Å². The van der Waals surface area contributed by atoms with Gasteiger partial charge >= 0.3 is 0 Å². The molecule has 3 aromatic heterocycles. The van der Waals surface area contributed by atoms with Gasteiger partial charge in [-0.15, -0.1) is 0 Å².